The summed E-state index contributed by atoms with van der Waals surface area (Å²) < 4.78 is 11.6. The Morgan fingerprint density at radius 3 is 2.61 bits per heavy atom. The van der Waals surface area contributed by atoms with E-state index < -0.39 is 34.4 Å². The van der Waals surface area contributed by atoms with Gasteiger partial charge in [0.1, 0.15) is 0 Å². The lowest BCUT2D eigenvalue weighted by atomic mass is 10.2. The standard InChI is InChI=1S/C25H20ClN5O7/c1-2-37-21-12-15(13-27-30-24(33)18-5-3-4-6-19(18)29-25(30)34)11-20(31(35)36)23(21)38-14-22(32)28-17-9-7-16(26)8-10-17/h3-13H,2,14H2,1H3,(H,28,32)(H,29,34). The van der Waals surface area contributed by atoms with Crippen LogP contribution in [0.5, 0.6) is 11.5 Å². The quantitative estimate of drug-likeness (QED) is 0.188. The van der Waals surface area contributed by atoms with E-state index in [-0.39, 0.29) is 29.1 Å². The van der Waals surface area contributed by atoms with E-state index in [1.54, 1.807) is 49.4 Å². The van der Waals surface area contributed by atoms with E-state index in [0.717, 1.165) is 12.3 Å². The molecular weight excluding hydrogens is 518 g/mol. The molecule has 0 fully saturated rings. The Hall–Kier alpha value is -4.97. The van der Waals surface area contributed by atoms with Crippen LogP contribution in [0.25, 0.3) is 10.9 Å². The maximum absolute atomic E-state index is 12.7. The molecule has 0 aliphatic carbocycles. The van der Waals surface area contributed by atoms with Crippen molar-refractivity contribution in [2.45, 2.75) is 6.92 Å². The van der Waals surface area contributed by atoms with Crippen LogP contribution in [0.1, 0.15) is 12.5 Å². The number of para-hydroxylation sites is 1. The Kier molecular flexibility index (Phi) is 7.83. The zero-order chi connectivity index (χ0) is 27.2. The number of H-pyrrole nitrogens is 1. The molecule has 1 aromatic heterocycles. The van der Waals surface area contributed by atoms with Gasteiger partial charge in [0.05, 0.1) is 28.6 Å². The zero-order valence-corrected chi connectivity index (χ0v) is 20.6. The van der Waals surface area contributed by atoms with Gasteiger partial charge in [-0.05, 0) is 49.4 Å². The van der Waals surface area contributed by atoms with E-state index in [1.165, 1.54) is 12.1 Å². The van der Waals surface area contributed by atoms with E-state index in [4.69, 9.17) is 21.1 Å². The monoisotopic (exact) mass is 537 g/mol. The first kappa shape index (κ1) is 26.1. The highest BCUT2D eigenvalue weighted by Gasteiger charge is 2.23. The molecule has 0 bridgehead atoms. The first-order valence-corrected chi connectivity index (χ1v) is 11.6. The van der Waals surface area contributed by atoms with Gasteiger partial charge >= 0.3 is 11.4 Å². The summed E-state index contributed by atoms with van der Waals surface area (Å²) in [6.45, 7) is 1.26. The van der Waals surface area contributed by atoms with Gasteiger partial charge in [-0.15, -0.1) is 4.68 Å². The number of fused-ring (bicyclic) bond motifs is 1. The summed E-state index contributed by atoms with van der Waals surface area (Å²) in [5.41, 5.74) is -0.977. The lowest BCUT2D eigenvalue weighted by Gasteiger charge is -2.13. The first-order valence-electron chi connectivity index (χ1n) is 11.2. The van der Waals surface area contributed by atoms with Crippen LogP contribution in [0, 0.1) is 10.1 Å². The van der Waals surface area contributed by atoms with Crippen molar-refractivity contribution in [3.8, 4) is 11.5 Å². The van der Waals surface area contributed by atoms with Crippen molar-refractivity contribution >= 4 is 46.0 Å². The van der Waals surface area contributed by atoms with Crippen LogP contribution in [0.15, 0.2) is 75.4 Å². The number of carbonyl (C=O) groups excluding carboxylic acids is 1. The lowest BCUT2D eigenvalue weighted by molar-refractivity contribution is -0.385. The minimum absolute atomic E-state index is 0.0257. The van der Waals surface area contributed by atoms with Gasteiger partial charge in [0, 0.05) is 22.3 Å². The number of carbonyl (C=O) groups is 1. The van der Waals surface area contributed by atoms with Gasteiger partial charge in [0.15, 0.2) is 12.4 Å². The molecule has 0 aliphatic heterocycles. The summed E-state index contributed by atoms with van der Waals surface area (Å²) in [4.78, 5) is 51.1. The van der Waals surface area contributed by atoms with Crippen LogP contribution in [-0.2, 0) is 4.79 Å². The van der Waals surface area contributed by atoms with Crippen LogP contribution < -0.4 is 26.0 Å². The average Bonchev–Trinajstić information content (AvgIpc) is 2.89. The Bertz CT molecular complexity index is 1660. The SMILES string of the molecule is CCOc1cc(C=Nn2c(=O)[nH]c3ccccc3c2=O)cc([N+](=O)[O-])c1OCC(=O)Nc1ccc(Cl)cc1. The predicted octanol–water partition coefficient (Wildman–Crippen LogP) is 3.55. The number of aromatic amines is 1. The molecule has 1 amide bonds. The summed E-state index contributed by atoms with van der Waals surface area (Å²) in [5, 5.41) is 19.1. The number of hydrogen-bond acceptors (Lipinski definition) is 8. The van der Waals surface area contributed by atoms with E-state index in [9.17, 15) is 24.5 Å². The van der Waals surface area contributed by atoms with E-state index in [0.29, 0.717) is 20.9 Å². The third kappa shape index (κ3) is 5.87. The smallest absolute Gasteiger partial charge is 0.349 e. The Morgan fingerprint density at radius 1 is 1.16 bits per heavy atom. The molecule has 0 radical (unpaired) electrons. The zero-order valence-electron chi connectivity index (χ0n) is 19.8. The normalized spacial score (nSPS) is 11.0. The molecule has 0 spiro atoms. The number of rotatable bonds is 9. The van der Waals surface area contributed by atoms with Gasteiger partial charge < -0.3 is 19.8 Å². The van der Waals surface area contributed by atoms with Crippen LogP contribution in [0.2, 0.25) is 5.02 Å². The number of anilines is 1. The Morgan fingerprint density at radius 2 is 1.89 bits per heavy atom. The summed E-state index contributed by atoms with van der Waals surface area (Å²) >= 11 is 5.83. The number of nitro groups is 1. The molecule has 2 N–H and O–H groups in total. The van der Waals surface area contributed by atoms with E-state index in [1.807, 2.05) is 0 Å². The van der Waals surface area contributed by atoms with Crippen molar-refractivity contribution in [3.05, 3.63) is 102 Å². The van der Waals surface area contributed by atoms with Gasteiger partial charge in [-0.1, -0.05) is 23.7 Å². The fourth-order valence-corrected chi connectivity index (χ4v) is 3.60. The third-order valence-corrected chi connectivity index (χ3v) is 5.39. The summed E-state index contributed by atoms with van der Waals surface area (Å²) in [6, 6.07) is 15.3. The molecule has 12 nitrogen and oxygen atoms in total. The first-order chi connectivity index (χ1) is 18.3. The second kappa shape index (κ2) is 11.4. The van der Waals surface area contributed by atoms with E-state index in [2.05, 4.69) is 15.4 Å². The molecule has 13 heteroatoms. The van der Waals surface area contributed by atoms with Crippen molar-refractivity contribution in [1.82, 2.24) is 9.66 Å². The van der Waals surface area contributed by atoms with Crippen LogP contribution in [0.3, 0.4) is 0 Å². The minimum atomic E-state index is -0.781. The number of ether oxygens (including phenoxy) is 2. The fraction of sp³-hybridized carbons (Fsp3) is 0.120. The summed E-state index contributed by atoms with van der Waals surface area (Å²) in [7, 11) is 0. The number of benzene rings is 3. The number of nitro benzene ring substituents is 1. The molecule has 4 aromatic rings. The van der Waals surface area contributed by atoms with Crippen molar-refractivity contribution < 1.29 is 19.2 Å². The molecule has 0 saturated carbocycles. The predicted molar refractivity (Wildman–Crippen MR) is 142 cm³/mol. The van der Waals surface area contributed by atoms with Gasteiger partial charge in [-0.2, -0.15) is 5.10 Å². The van der Waals surface area contributed by atoms with Gasteiger partial charge in [-0.3, -0.25) is 19.7 Å². The maximum Gasteiger partial charge on any atom is 0.349 e. The molecule has 4 rings (SSSR count). The largest absolute Gasteiger partial charge is 0.490 e. The summed E-state index contributed by atoms with van der Waals surface area (Å²) in [6.07, 6.45) is 1.11. The van der Waals surface area contributed by atoms with Gasteiger partial charge in [-0.25, -0.2) is 4.79 Å². The molecule has 0 aliphatic rings. The van der Waals surface area contributed by atoms with Crippen LogP contribution in [0.4, 0.5) is 11.4 Å². The number of nitrogens with one attached hydrogen (secondary N) is 2. The molecule has 0 unspecified atom stereocenters. The molecule has 1 heterocycles. The second-order valence-corrected chi connectivity index (χ2v) is 8.17. The van der Waals surface area contributed by atoms with Crippen molar-refractivity contribution in [3.63, 3.8) is 0 Å². The Balaban J connectivity index is 1.63. The van der Waals surface area contributed by atoms with E-state index >= 15 is 0 Å². The molecule has 38 heavy (non-hydrogen) atoms. The highest BCUT2D eigenvalue weighted by atomic mass is 35.5. The lowest BCUT2D eigenvalue weighted by Crippen LogP contribution is -2.32. The molecular formula is C25H20ClN5O7. The number of aromatic nitrogens is 2. The number of hydrogen-bond donors (Lipinski definition) is 2. The average molecular weight is 538 g/mol. The third-order valence-electron chi connectivity index (χ3n) is 5.14. The van der Waals surface area contributed by atoms with Crippen molar-refractivity contribution in [2.75, 3.05) is 18.5 Å². The minimum Gasteiger partial charge on any atom is -0.490 e. The topological polar surface area (TPSA) is 158 Å². The van der Waals surface area contributed by atoms with Crippen molar-refractivity contribution in [1.29, 1.82) is 0 Å². The van der Waals surface area contributed by atoms with Crippen molar-refractivity contribution in [2.24, 2.45) is 5.10 Å². The number of amides is 1. The maximum atomic E-state index is 12.7. The highest BCUT2D eigenvalue weighted by Crippen LogP contribution is 2.38. The fourth-order valence-electron chi connectivity index (χ4n) is 3.48. The van der Waals surface area contributed by atoms with Crippen LogP contribution in [-0.4, -0.2) is 39.9 Å². The number of halogens is 1. The molecule has 194 valence electrons. The number of nitrogens with zero attached hydrogens (tertiary/aromatic N) is 3. The molecule has 0 atom stereocenters. The highest BCUT2D eigenvalue weighted by molar-refractivity contribution is 6.30. The second-order valence-electron chi connectivity index (χ2n) is 7.74. The van der Waals surface area contributed by atoms with Crippen LogP contribution >= 0.6 is 11.6 Å². The van der Waals surface area contributed by atoms with Gasteiger partial charge in [0.2, 0.25) is 5.75 Å². The molecule has 3 aromatic carbocycles. The molecule has 0 saturated heterocycles. The van der Waals surface area contributed by atoms with Gasteiger partial charge in [0.25, 0.3) is 11.5 Å². The summed E-state index contributed by atoms with van der Waals surface area (Å²) in [5.74, 6) is -0.854. The Labute approximate surface area is 219 Å².